The minimum absolute atomic E-state index is 0.294. The lowest BCUT2D eigenvalue weighted by Gasteiger charge is -2.27. The lowest BCUT2D eigenvalue weighted by molar-refractivity contribution is 0.728. The second-order valence-corrected chi connectivity index (χ2v) is 6.99. The molecule has 0 aliphatic carbocycles. The molecule has 0 amide bonds. The van der Waals surface area contributed by atoms with Crippen LogP contribution in [0.2, 0.25) is 10.0 Å². The molecule has 0 fully saturated rings. The van der Waals surface area contributed by atoms with Crippen LogP contribution in [0.15, 0.2) is 41.3 Å². The van der Waals surface area contributed by atoms with Crippen LogP contribution in [0.4, 0.5) is 5.69 Å². The molecule has 1 heterocycles. The molecule has 0 aromatic heterocycles. The van der Waals surface area contributed by atoms with Gasteiger partial charge in [0, 0.05) is 26.4 Å². The lowest BCUT2D eigenvalue weighted by atomic mass is 10.0. The van der Waals surface area contributed by atoms with Gasteiger partial charge in [-0.1, -0.05) is 29.3 Å². The number of anilines is 1. The summed E-state index contributed by atoms with van der Waals surface area (Å²) in [7, 11) is 0. The molecule has 1 N–H and O–H groups in total. The Morgan fingerprint density at radius 3 is 2.70 bits per heavy atom. The van der Waals surface area contributed by atoms with Crippen molar-refractivity contribution in [3.05, 3.63) is 57.6 Å². The van der Waals surface area contributed by atoms with Gasteiger partial charge in [-0.05, 0) is 54.8 Å². The molecule has 0 bridgehead atoms. The molecule has 2 aromatic carbocycles. The smallest absolute Gasteiger partial charge is 0.0533 e. The van der Waals surface area contributed by atoms with E-state index in [9.17, 15) is 0 Å². The third kappa shape index (κ3) is 2.93. The SMILES string of the molecule is Cc1ccc(Cl)cc1NC1CCSc2ccc(Cl)cc21. The molecule has 2 aromatic rings. The van der Waals surface area contributed by atoms with Crippen LogP contribution in [0.1, 0.15) is 23.6 Å². The number of rotatable bonds is 2. The molecule has 1 aliphatic heterocycles. The van der Waals surface area contributed by atoms with Crippen LogP contribution in [-0.2, 0) is 0 Å². The van der Waals surface area contributed by atoms with Crippen LogP contribution < -0.4 is 5.32 Å². The topological polar surface area (TPSA) is 12.0 Å². The van der Waals surface area contributed by atoms with Gasteiger partial charge in [-0.2, -0.15) is 0 Å². The van der Waals surface area contributed by atoms with Crippen LogP contribution in [0.5, 0.6) is 0 Å². The lowest BCUT2D eigenvalue weighted by Crippen LogP contribution is -2.16. The van der Waals surface area contributed by atoms with Crippen molar-refractivity contribution in [1.29, 1.82) is 0 Å². The zero-order chi connectivity index (χ0) is 14.1. The van der Waals surface area contributed by atoms with Crippen molar-refractivity contribution in [2.75, 3.05) is 11.1 Å². The summed E-state index contributed by atoms with van der Waals surface area (Å²) in [6.45, 7) is 2.09. The van der Waals surface area contributed by atoms with E-state index in [1.54, 1.807) is 0 Å². The first-order valence-corrected chi connectivity index (χ1v) is 8.32. The third-order valence-electron chi connectivity index (χ3n) is 3.54. The van der Waals surface area contributed by atoms with Gasteiger partial charge in [-0.3, -0.25) is 0 Å². The summed E-state index contributed by atoms with van der Waals surface area (Å²) in [5.41, 5.74) is 3.59. The van der Waals surface area contributed by atoms with Gasteiger partial charge < -0.3 is 5.32 Å². The summed E-state index contributed by atoms with van der Waals surface area (Å²) in [6.07, 6.45) is 1.09. The number of hydrogen-bond acceptors (Lipinski definition) is 2. The Labute approximate surface area is 133 Å². The van der Waals surface area contributed by atoms with Crippen molar-refractivity contribution in [2.45, 2.75) is 24.3 Å². The summed E-state index contributed by atoms with van der Waals surface area (Å²) in [6, 6.07) is 12.4. The van der Waals surface area contributed by atoms with Crippen molar-refractivity contribution >= 4 is 40.7 Å². The third-order valence-corrected chi connectivity index (χ3v) is 5.13. The highest BCUT2D eigenvalue weighted by molar-refractivity contribution is 7.99. The molecule has 3 rings (SSSR count). The molecule has 20 heavy (non-hydrogen) atoms. The second kappa shape index (κ2) is 5.88. The fraction of sp³-hybridized carbons (Fsp3) is 0.250. The number of benzene rings is 2. The molecule has 104 valence electrons. The maximum absolute atomic E-state index is 6.14. The average Bonchev–Trinajstić information content (AvgIpc) is 2.43. The Morgan fingerprint density at radius 2 is 1.85 bits per heavy atom. The normalized spacial score (nSPS) is 17.6. The molecular weight excluding hydrogens is 309 g/mol. The average molecular weight is 324 g/mol. The molecule has 1 aliphatic rings. The molecule has 4 heteroatoms. The van der Waals surface area contributed by atoms with Crippen molar-refractivity contribution in [3.8, 4) is 0 Å². The number of halogens is 2. The molecule has 1 atom stereocenters. The van der Waals surface area contributed by atoms with Crippen LogP contribution in [0, 0.1) is 6.92 Å². The molecule has 0 radical (unpaired) electrons. The van der Waals surface area contributed by atoms with Gasteiger partial charge in [0.15, 0.2) is 0 Å². The molecule has 0 saturated carbocycles. The van der Waals surface area contributed by atoms with E-state index in [0.29, 0.717) is 6.04 Å². The minimum atomic E-state index is 0.294. The van der Waals surface area contributed by atoms with Gasteiger partial charge in [-0.15, -0.1) is 11.8 Å². The quantitative estimate of drug-likeness (QED) is 0.732. The van der Waals surface area contributed by atoms with E-state index in [2.05, 4.69) is 24.4 Å². The van der Waals surface area contributed by atoms with Crippen LogP contribution in [0.25, 0.3) is 0 Å². The number of thioether (sulfide) groups is 1. The van der Waals surface area contributed by atoms with E-state index >= 15 is 0 Å². The van der Waals surface area contributed by atoms with Gasteiger partial charge in [0.05, 0.1) is 6.04 Å². The summed E-state index contributed by atoms with van der Waals surface area (Å²) >= 11 is 14.1. The highest BCUT2D eigenvalue weighted by Gasteiger charge is 2.21. The Balaban J connectivity index is 1.93. The number of nitrogens with one attached hydrogen (secondary N) is 1. The minimum Gasteiger partial charge on any atom is -0.378 e. The summed E-state index contributed by atoms with van der Waals surface area (Å²) in [5.74, 6) is 1.12. The van der Waals surface area contributed by atoms with Gasteiger partial charge in [0.25, 0.3) is 0 Å². The van der Waals surface area contributed by atoms with E-state index in [1.807, 2.05) is 36.0 Å². The zero-order valence-corrected chi connectivity index (χ0v) is 13.4. The van der Waals surface area contributed by atoms with Crippen molar-refractivity contribution < 1.29 is 0 Å². The van der Waals surface area contributed by atoms with Gasteiger partial charge >= 0.3 is 0 Å². The van der Waals surface area contributed by atoms with E-state index < -0.39 is 0 Å². The summed E-state index contributed by atoms with van der Waals surface area (Å²) in [4.78, 5) is 1.32. The first kappa shape index (κ1) is 14.1. The van der Waals surface area contributed by atoms with Crippen LogP contribution in [0.3, 0.4) is 0 Å². The summed E-state index contributed by atoms with van der Waals surface area (Å²) in [5, 5.41) is 5.17. The standard InChI is InChI=1S/C16H15Cl2NS/c1-10-2-3-12(18)9-15(10)19-14-6-7-20-16-5-4-11(17)8-13(14)16/h2-5,8-9,14,19H,6-7H2,1H3. The van der Waals surface area contributed by atoms with E-state index in [1.165, 1.54) is 16.0 Å². The zero-order valence-electron chi connectivity index (χ0n) is 11.1. The predicted octanol–water partition coefficient (Wildman–Crippen LogP) is 5.95. The van der Waals surface area contributed by atoms with E-state index in [-0.39, 0.29) is 0 Å². The van der Waals surface area contributed by atoms with E-state index in [4.69, 9.17) is 23.2 Å². The van der Waals surface area contributed by atoms with Crippen LogP contribution >= 0.6 is 35.0 Å². The fourth-order valence-corrected chi connectivity index (χ4v) is 3.91. The van der Waals surface area contributed by atoms with Crippen molar-refractivity contribution in [3.63, 3.8) is 0 Å². The second-order valence-electron chi connectivity index (χ2n) is 4.98. The van der Waals surface area contributed by atoms with Gasteiger partial charge in [0.2, 0.25) is 0 Å². The Hall–Kier alpha value is -0.830. The first-order chi connectivity index (χ1) is 9.63. The van der Waals surface area contributed by atoms with Gasteiger partial charge in [-0.25, -0.2) is 0 Å². The molecule has 0 spiro atoms. The van der Waals surface area contributed by atoms with Crippen molar-refractivity contribution in [1.82, 2.24) is 0 Å². The predicted molar refractivity (Wildman–Crippen MR) is 89.3 cm³/mol. The van der Waals surface area contributed by atoms with E-state index in [0.717, 1.165) is 27.9 Å². The molecule has 1 nitrogen and oxygen atoms in total. The molecule has 0 saturated heterocycles. The maximum atomic E-state index is 6.14. The number of hydrogen-bond donors (Lipinski definition) is 1. The van der Waals surface area contributed by atoms with Gasteiger partial charge in [0.1, 0.15) is 0 Å². The number of aryl methyl sites for hydroxylation is 1. The van der Waals surface area contributed by atoms with Crippen LogP contribution in [-0.4, -0.2) is 5.75 Å². The molecule has 1 unspecified atom stereocenters. The van der Waals surface area contributed by atoms with Crippen molar-refractivity contribution in [2.24, 2.45) is 0 Å². The number of fused-ring (bicyclic) bond motifs is 1. The Kier molecular flexibility index (Phi) is 4.16. The highest BCUT2D eigenvalue weighted by atomic mass is 35.5. The first-order valence-electron chi connectivity index (χ1n) is 6.58. The Morgan fingerprint density at radius 1 is 1.10 bits per heavy atom. The summed E-state index contributed by atoms with van der Waals surface area (Å²) < 4.78 is 0. The Bertz CT molecular complexity index is 642. The fourth-order valence-electron chi connectivity index (χ4n) is 2.45. The largest absolute Gasteiger partial charge is 0.378 e. The monoisotopic (exact) mass is 323 g/mol. The maximum Gasteiger partial charge on any atom is 0.0533 e. The highest BCUT2D eigenvalue weighted by Crippen LogP contribution is 2.39. The molecular formula is C16H15Cl2NS.